The zero-order valence-electron chi connectivity index (χ0n) is 15.5. The van der Waals surface area contributed by atoms with Crippen LogP contribution in [0.4, 0.5) is 36.7 Å². The first-order valence-corrected chi connectivity index (χ1v) is 8.30. The Kier molecular flexibility index (Phi) is 7.37. The van der Waals surface area contributed by atoms with Gasteiger partial charge in [-0.05, 0) is 30.3 Å². The van der Waals surface area contributed by atoms with E-state index in [1.54, 1.807) is 25.2 Å². The van der Waals surface area contributed by atoms with Gasteiger partial charge in [0.15, 0.2) is 0 Å². The highest BCUT2D eigenvalue weighted by atomic mass is 35.5. The first-order chi connectivity index (χ1) is 13.8. The van der Waals surface area contributed by atoms with E-state index >= 15 is 0 Å². The van der Waals surface area contributed by atoms with Gasteiger partial charge in [-0.3, -0.25) is 0 Å². The minimum absolute atomic E-state index is 0. The topological polar surface area (TPSA) is 107 Å². The molecule has 1 heterocycles. The number of nitrogens with zero attached hydrogens (tertiary/aromatic N) is 4. The highest BCUT2D eigenvalue weighted by Gasteiger charge is 2.30. The summed E-state index contributed by atoms with van der Waals surface area (Å²) in [4.78, 5) is 12.2. The molecule has 0 saturated carbocycles. The van der Waals surface area contributed by atoms with Crippen LogP contribution in [-0.4, -0.2) is 33.3 Å². The highest BCUT2D eigenvalue weighted by molar-refractivity contribution is 5.85. The molecule has 0 bridgehead atoms. The number of hydrogen-bond acceptors (Lipinski definition) is 8. The molecule has 0 amide bonds. The summed E-state index contributed by atoms with van der Waals surface area (Å²) in [6, 6.07) is 11.2. The van der Waals surface area contributed by atoms with E-state index in [4.69, 9.17) is 0 Å². The van der Waals surface area contributed by atoms with Crippen molar-refractivity contribution in [2.24, 2.45) is 5.10 Å². The minimum Gasteiger partial charge on any atom is -0.507 e. The molecule has 2 aromatic carbocycles. The molecule has 0 aliphatic rings. The number of hydrazone groups is 1. The van der Waals surface area contributed by atoms with Crippen LogP contribution >= 0.6 is 12.4 Å². The summed E-state index contributed by atoms with van der Waals surface area (Å²) in [6.07, 6.45) is -3.09. The van der Waals surface area contributed by atoms with Crippen LogP contribution in [0, 0.1) is 0 Å². The molecule has 0 radical (unpaired) electrons. The van der Waals surface area contributed by atoms with E-state index in [0.717, 1.165) is 12.1 Å². The second-order valence-electron chi connectivity index (χ2n) is 5.69. The average molecular weight is 440 g/mol. The van der Waals surface area contributed by atoms with Crippen molar-refractivity contribution in [2.45, 2.75) is 6.18 Å². The van der Waals surface area contributed by atoms with Gasteiger partial charge in [0.05, 0.1) is 11.8 Å². The molecule has 0 aliphatic carbocycles. The summed E-state index contributed by atoms with van der Waals surface area (Å²) in [7, 11) is 1.58. The van der Waals surface area contributed by atoms with Crippen LogP contribution in [0.2, 0.25) is 0 Å². The Labute approximate surface area is 175 Å². The van der Waals surface area contributed by atoms with Crippen molar-refractivity contribution in [1.82, 2.24) is 15.0 Å². The van der Waals surface area contributed by atoms with Crippen molar-refractivity contribution >= 4 is 42.2 Å². The molecule has 0 aliphatic heterocycles. The van der Waals surface area contributed by atoms with Gasteiger partial charge in [0.2, 0.25) is 17.8 Å². The summed E-state index contributed by atoms with van der Waals surface area (Å²) in [5, 5.41) is 19.1. The number of benzene rings is 2. The normalized spacial score (nSPS) is 11.1. The van der Waals surface area contributed by atoms with Crippen molar-refractivity contribution < 1.29 is 18.3 Å². The lowest BCUT2D eigenvalue weighted by atomic mass is 10.2. The van der Waals surface area contributed by atoms with Gasteiger partial charge in [0.25, 0.3) is 0 Å². The molecule has 4 N–H and O–H groups in total. The monoisotopic (exact) mass is 439 g/mol. The smallest absolute Gasteiger partial charge is 0.416 e. The van der Waals surface area contributed by atoms with E-state index in [0.29, 0.717) is 5.56 Å². The Bertz CT molecular complexity index is 1030. The molecular formula is C18H17ClF3N7O. The van der Waals surface area contributed by atoms with Gasteiger partial charge >= 0.3 is 6.18 Å². The van der Waals surface area contributed by atoms with Crippen LogP contribution in [0.1, 0.15) is 11.1 Å². The van der Waals surface area contributed by atoms with E-state index < -0.39 is 11.7 Å². The maximum absolute atomic E-state index is 12.9. The maximum atomic E-state index is 12.9. The molecule has 30 heavy (non-hydrogen) atoms. The third kappa shape index (κ3) is 5.95. The van der Waals surface area contributed by atoms with Crippen molar-refractivity contribution in [1.29, 1.82) is 0 Å². The minimum atomic E-state index is -4.46. The molecule has 3 rings (SSSR count). The Morgan fingerprint density at radius 2 is 1.67 bits per heavy atom. The Balaban J connectivity index is 0.00000320. The van der Waals surface area contributed by atoms with E-state index in [-0.39, 0.29) is 41.7 Å². The number of hydrogen-bond donors (Lipinski definition) is 4. The maximum Gasteiger partial charge on any atom is 0.416 e. The van der Waals surface area contributed by atoms with E-state index in [1.807, 2.05) is 0 Å². The molecule has 0 saturated heterocycles. The van der Waals surface area contributed by atoms with E-state index in [1.165, 1.54) is 24.4 Å². The molecular weight excluding hydrogens is 423 g/mol. The fourth-order valence-electron chi connectivity index (χ4n) is 2.25. The third-order valence-electron chi connectivity index (χ3n) is 3.61. The number of nitrogens with one attached hydrogen (secondary N) is 3. The van der Waals surface area contributed by atoms with Gasteiger partial charge in [-0.1, -0.05) is 18.2 Å². The molecule has 0 spiro atoms. The molecule has 8 nitrogen and oxygen atoms in total. The number of halogens is 4. The van der Waals surface area contributed by atoms with Crippen LogP contribution < -0.4 is 16.1 Å². The summed E-state index contributed by atoms with van der Waals surface area (Å²) in [6.45, 7) is 0. The first-order valence-electron chi connectivity index (χ1n) is 8.30. The molecule has 3 aromatic rings. The van der Waals surface area contributed by atoms with Crippen LogP contribution in [0.5, 0.6) is 5.75 Å². The number of aromatic hydroxyl groups is 1. The number of anilines is 4. The third-order valence-corrected chi connectivity index (χ3v) is 3.61. The lowest BCUT2D eigenvalue weighted by Gasteiger charge is -2.11. The zero-order valence-corrected chi connectivity index (χ0v) is 16.3. The van der Waals surface area contributed by atoms with Gasteiger partial charge in [-0.25, -0.2) is 5.43 Å². The van der Waals surface area contributed by atoms with Crippen LogP contribution in [0.3, 0.4) is 0 Å². The summed E-state index contributed by atoms with van der Waals surface area (Å²) in [5.74, 6) is 0.292. The van der Waals surface area contributed by atoms with Crippen molar-refractivity contribution in [3.05, 3.63) is 59.7 Å². The predicted molar refractivity (Wildman–Crippen MR) is 111 cm³/mol. The number of para-hydroxylation sites is 1. The molecule has 0 fully saturated rings. The predicted octanol–water partition coefficient (Wildman–Crippen LogP) is 4.25. The van der Waals surface area contributed by atoms with Crippen molar-refractivity contribution in [3.8, 4) is 5.75 Å². The Morgan fingerprint density at radius 1 is 0.967 bits per heavy atom. The summed E-state index contributed by atoms with van der Waals surface area (Å²) in [5.41, 5.74) is 2.44. The second-order valence-corrected chi connectivity index (χ2v) is 5.69. The number of phenols is 1. The number of alkyl halides is 3. The van der Waals surface area contributed by atoms with Gasteiger partial charge in [0.1, 0.15) is 5.75 Å². The van der Waals surface area contributed by atoms with Crippen LogP contribution in [0.15, 0.2) is 53.6 Å². The fourth-order valence-corrected chi connectivity index (χ4v) is 2.25. The lowest BCUT2D eigenvalue weighted by molar-refractivity contribution is -0.137. The SMILES string of the molecule is CNc1nc(N/N=C/c2ccccc2O)nc(Nc2cccc(C(F)(F)F)c2)n1.Cl. The number of rotatable bonds is 6. The number of aromatic nitrogens is 3. The van der Waals surface area contributed by atoms with Crippen LogP contribution in [0.25, 0.3) is 0 Å². The van der Waals surface area contributed by atoms with E-state index in [2.05, 4.69) is 36.1 Å². The molecule has 158 valence electrons. The molecule has 0 atom stereocenters. The van der Waals surface area contributed by atoms with Gasteiger partial charge in [-0.2, -0.15) is 33.2 Å². The average Bonchev–Trinajstić information content (AvgIpc) is 2.69. The molecule has 0 unspecified atom stereocenters. The largest absolute Gasteiger partial charge is 0.507 e. The van der Waals surface area contributed by atoms with E-state index in [9.17, 15) is 18.3 Å². The van der Waals surface area contributed by atoms with Gasteiger partial charge < -0.3 is 15.7 Å². The van der Waals surface area contributed by atoms with Crippen LogP contribution in [-0.2, 0) is 6.18 Å². The highest BCUT2D eigenvalue weighted by Crippen LogP contribution is 2.31. The Hall–Kier alpha value is -3.60. The van der Waals surface area contributed by atoms with Gasteiger partial charge in [-0.15, -0.1) is 12.4 Å². The van der Waals surface area contributed by atoms with Crippen molar-refractivity contribution in [2.75, 3.05) is 23.1 Å². The van der Waals surface area contributed by atoms with Crippen molar-refractivity contribution in [3.63, 3.8) is 0 Å². The quantitative estimate of drug-likeness (QED) is 0.336. The first kappa shape index (κ1) is 22.7. The fraction of sp³-hybridized carbons (Fsp3) is 0.111. The molecule has 12 heteroatoms. The standard InChI is InChI=1S/C18H16F3N7O.ClH/c1-22-15-25-16(24-13-7-4-6-12(9-13)18(19,20)21)27-17(26-15)28-23-10-11-5-2-3-8-14(11)29;/h2-10,29H,1H3,(H3,22,24,25,26,27,28);1H/b23-10+;. The zero-order chi connectivity index (χ0) is 20.9. The summed E-state index contributed by atoms with van der Waals surface area (Å²) < 4.78 is 38.6. The summed E-state index contributed by atoms with van der Waals surface area (Å²) >= 11 is 0. The second kappa shape index (κ2) is 9.74. The number of phenolic OH excluding ortho intramolecular Hbond substituents is 1. The Morgan fingerprint density at radius 3 is 2.37 bits per heavy atom. The molecule has 1 aromatic heterocycles. The lowest BCUT2D eigenvalue weighted by Crippen LogP contribution is -2.08. The van der Waals surface area contributed by atoms with Gasteiger partial charge in [0, 0.05) is 18.3 Å².